The van der Waals surface area contributed by atoms with Crippen LogP contribution in [0, 0.1) is 25.3 Å². The second-order valence-electron chi connectivity index (χ2n) is 8.76. The van der Waals surface area contributed by atoms with Gasteiger partial charge in [0.25, 0.3) is 0 Å². The van der Waals surface area contributed by atoms with Gasteiger partial charge in [-0.25, -0.2) is 11.6 Å². The van der Waals surface area contributed by atoms with Crippen molar-refractivity contribution in [2.24, 2.45) is 5.41 Å². The fourth-order valence-corrected chi connectivity index (χ4v) is 3.07. The van der Waals surface area contributed by atoms with Gasteiger partial charge in [-0.05, 0) is 32.4 Å². The van der Waals surface area contributed by atoms with Crippen LogP contribution < -0.4 is 56.1 Å². The zero-order valence-electron chi connectivity index (χ0n) is 21.6. The molecule has 1 aromatic carbocycles. The third-order valence-corrected chi connectivity index (χ3v) is 4.69. The number of carbonyl (C=O) groups is 1. The number of hydrogen-bond acceptors (Lipinski definition) is 3. The maximum atomic E-state index is 9.71. The van der Waals surface area contributed by atoms with E-state index >= 15 is 0 Å². The van der Waals surface area contributed by atoms with Crippen molar-refractivity contribution in [2.75, 3.05) is 13.2 Å². The van der Waals surface area contributed by atoms with Crippen molar-refractivity contribution < 1.29 is 65.7 Å². The van der Waals surface area contributed by atoms with Crippen molar-refractivity contribution in [3.8, 4) is 5.75 Å². The summed E-state index contributed by atoms with van der Waals surface area (Å²) in [7, 11) is 0. The second kappa shape index (κ2) is 21.0. The third-order valence-electron chi connectivity index (χ3n) is 4.69. The van der Waals surface area contributed by atoms with Crippen LogP contribution in [0.3, 0.4) is 0 Å². The minimum absolute atomic E-state index is 0. The van der Waals surface area contributed by atoms with Gasteiger partial charge in [0.2, 0.25) is 0 Å². The molecule has 3 nitrogen and oxygen atoms in total. The molecule has 1 aliphatic rings. The minimum Gasteiger partial charge on any atom is -0.494 e. The Balaban J connectivity index is 0. The van der Waals surface area contributed by atoms with Gasteiger partial charge in [0.1, 0.15) is 5.75 Å². The number of benzene rings is 1. The standard InChI is InChI=1S/C15H24O.C9H13.C4H7O2.K/c1-3-4-5-6-7-8-13-16-15-11-9-14(2)10-12-15;1-8-5-4-6-9(2,3)7-8;1-3-6-4(2)5;/h9-12H,3-8,13H2,1-2H3;5H,1,6-7H2,2-3H3;2-3H2,1H3;/q;2*-1;+1. The smallest absolute Gasteiger partial charge is 0.494 e. The van der Waals surface area contributed by atoms with Crippen LogP contribution in [-0.4, -0.2) is 19.2 Å². The summed E-state index contributed by atoms with van der Waals surface area (Å²) in [5, 5.41) is 0. The van der Waals surface area contributed by atoms with Crippen LogP contribution in [0.1, 0.15) is 84.6 Å². The Bertz CT molecular complexity index is 633. The number of carbonyl (C=O) groups excluding carboxylic acids is 1. The summed E-state index contributed by atoms with van der Waals surface area (Å²) in [6.45, 7) is 18.7. The number of esters is 1. The Morgan fingerprint density at radius 3 is 2.12 bits per heavy atom. The molecular formula is C28H44KO3-. The van der Waals surface area contributed by atoms with Crippen molar-refractivity contribution in [3.05, 3.63) is 61.1 Å². The molecule has 0 saturated carbocycles. The van der Waals surface area contributed by atoms with Gasteiger partial charge < -0.3 is 9.47 Å². The fraction of sp³-hybridized carbons (Fsp3) is 0.571. The van der Waals surface area contributed by atoms with E-state index in [1.54, 1.807) is 6.92 Å². The van der Waals surface area contributed by atoms with E-state index in [-0.39, 0.29) is 51.4 Å². The first kappa shape index (κ1) is 33.6. The maximum absolute atomic E-state index is 9.71. The van der Waals surface area contributed by atoms with E-state index in [1.165, 1.54) is 49.7 Å². The van der Waals surface area contributed by atoms with Gasteiger partial charge >= 0.3 is 51.4 Å². The van der Waals surface area contributed by atoms with Crippen LogP contribution in [0.5, 0.6) is 5.75 Å². The molecule has 176 valence electrons. The molecule has 4 heteroatoms. The third kappa shape index (κ3) is 21.3. The minimum atomic E-state index is -0.461. The number of aryl methyl sites for hydroxylation is 1. The number of ether oxygens (including phenoxy) is 2. The SMILES string of the molecule is C=C1C=[C-]CC(C)(C)C1.CCCCCCCCOc1ccc(C)cc1.[CH2-]C(=O)OCC.[K+]. The van der Waals surface area contributed by atoms with Crippen molar-refractivity contribution in [1.82, 2.24) is 0 Å². The van der Waals surface area contributed by atoms with Gasteiger partial charge in [-0.2, -0.15) is 6.58 Å². The quantitative estimate of drug-likeness (QED) is 0.226. The Morgan fingerprint density at radius 1 is 1.09 bits per heavy atom. The van der Waals surface area contributed by atoms with Gasteiger partial charge in [0.05, 0.1) is 13.2 Å². The average Bonchev–Trinajstić information content (AvgIpc) is 2.68. The Morgan fingerprint density at radius 2 is 1.69 bits per heavy atom. The summed E-state index contributed by atoms with van der Waals surface area (Å²) in [4.78, 5) is 9.71. The molecule has 0 amide bonds. The molecule has 0 unspecified atom stereocenters. The molecule has 0 spiro atoms. The van der Waals surface area contributed by atoms with Gasteiger partial charge in [-0.3, -0.25) is 17.8 Å². The molecule has 0 heterocycles. The maximum Gasteiger partial charge on any atom is 1.00 e. The van der Waals surface area contributed by atoms with Crippen LogP contribution in [0.25, 0.3) is 0 Å². The van der Waals surface area contributed by atoms with Crippen molar-refractivity contribution in [3.63, 3.8) is 0 Å². The van der Waals surface area contributed by atoms with E-state index in [2.05, 4.69) is 64.1 Å². The number of hydrogen-bond donors (Lipinski definition) is 0. The summed E-state index contributed by atoms with van der Waals surface area (Å²) in [5.74, 6) is 0.539. The van der Waals surface area contributed by atoms with Gasteiger partial charge in [-0.15, -0.1) is 6.42 Å². The number of unbranched alkanes of at least 4 members (excludes halogenated alkanes) is 5. The van der Waals surface area contributed by atoms with E-state index in [4.69, 9.17) is 4.74 Å². The molecule has 1 aliphatic carbocycles. The van der Waals surface area contributed by atoms with Crippen molar-refractivity contribution in [2.45, 2.75) is 86.0 Å². The molecule has 0 fully saturated rings. The predicted molar refractivity (Wildman–Crippen MR) is 132 cm³/mol. The Hall–Kier alpha value is -0.524. The molecule has 0 radical (unpaired) electrons. The molecular weight excluding hydrogens is 423 g/mol. The van der Waals surface area contributed by atoms with Crippen LogP contribution in [0.2, 0.25) is 0 Å². The normalized spacial score (nSPS) is 13.5. The molecule has 0 bridgehead atoms. The first-order chi connectivity index (χ1) is 14.7. The second-order valence-corrected chi connectivity index (χ2v) is 8.76. The number of rotatable bonds is 9. The predicted octanol–water partition coefficient (Wildman–Crippen LogP) is 4.84. The average molecular weight is 468 g/mol. The van der Waals surface area contributed by atoms with Crippen LogP contribution in [0.4, 0.5) is 0 Å². The molecule has 2 rings (SSSR count). The van der Waals surface area contributed by atoms with E-state index in [1.807, 2.05) is 18.2 Å². The summed E-state index contributed by atoms with van der Waals surface area (Å²) >= 11 is 0. The van der Waals surface area contributed by atoms with Crippen molar-refractivity contribution >= 4 is 5.97 Å². The molecule has 0 atom stereocenters. The summed E-state index contributed by atoms with van der Waals surface area (Å²) in [5.41, 5.74) is 2.91. The van der Waals surface area contributed by atoms with E-state index < -0.39 is 5.97 Å². The first-order valence-electron chi connectivity index (χ1n) is 11.6. The van der Waals surface area contributed by atoms with Crippen LogP contribution in [-0.2, 0) is 9.53 Å². The zero-order valence-corrected chi connectivity index (χ0v) is 24.7. The van der Waals surface area contributed by atoms with Gasteiger partial charge in [-0.1, -0.05) is 82.4 Å². The zero-order chi connectivity index (χ0) is 23.5. The van der Waals surface area contributed by atoms with Crippen molar-refractivity contribution in [1.29, 1.82) is 0 Å². The monoisotopic (exact) mass is 467 g/mol. The van der Waals surface area contributed by atoms with Gasteiger partial charge in [0.15, 0.2) is 5.97 Å². The molecule has 32 heavy (non-hydrogen) atoms. The van der Waals surface area contributed by atoms with Crippen LogP contribution >= 0.6 is 0 Å². The van der Waals surface area contributed by atoms with Crippen LogP contribution in [0.15, 0.2) is 42.5 Å². The van der Waals surface area contributed by atoms with E-state index in [0.29, 0.717) is 12.0 Å². The first-order valence-corrected chi connectivity index (χ1v) is 11.6. The molecule has 0 N–H and O–H groups in total. The summed E-state index contributed by atoms with van der Waals surface area (Å²) < 4.78 is 9.96. The topological polar surface area (TPSA) is 35.5 Å². The van der Waals surface area contributed by atoms with Gasteiger partial charge in [0, 0.05) is 0 Å². The summed E-state index contributed by atoms with van der Waals surface area (Å²) in [6.07, 6.45) is 15.3. The fourth-order valence-electron chi connectivity index (χ4n) is 3.07. The number of allylic oxidation sites excluding steroid dienone is 3. The summed E-state index contributed by atoms with van der Waals surface area (Å²) in [6, 6.07) is 8.28. The Kier molecular flexibility index (Phi) is 22.1. The molecule has 0 saturated heterocycles. The molecule has 1 aromatic rings. The van der Waals surface area contributed by atoms with E-state index in [0.717, 1.165) is 25.2 Å². The molecule has 0 aromatic heterocycles. The molecule has 0 aliphatic heterocycles. The van der Waals surface area contributed by atoms with E-state index in [9.17, 15) is 4.79 Å². The Labute approximate surface area is 240 Å². The largest absolute Gasteiger partial charge is 1.00 e.